The number of hydrogen-bond donors (Lipinski definition) is 1. The van der Waals surface area contributed by atoms with E-state index in [1.165, 1.54) is 4.90 Å². The van der Waals surface area contributed by atoms with E-state index in [4.69, 9.17) is 5.26 Å². The Hall–Kier alpha value is -2.86. The van der Waals surface area contributed by atoms with Gasteiger partial charge in [0.15, 0.2) is 0 Å². The number of alkyl halides is 3. The smallest absolute Gasteiger partial charge is 0.380 e. The van der Waals surface area contributed by atoms with Crippen molar-refractivity contribution in [1.82, 2.24) is 14.7 Å². The van der Waals surface area contributed by atoms with E-state index in [0.29, 0.717) is 18.4 Å². The van der Waals surface area contributed by atoms with Crippen molar-refractivity contribution in [3.63, 3.8) is 0 Å². The fourth-order valence-corrected chi connectivity index (χ4v) is 3.73. The minimum atomic E-state index is -4.62. The van der Waals surface area contributed by atoms with Crippen molar-refractivity contribution in [3.8, 4) is 11.8 Å². The highest BCUT2D eigenvalue weighted by Crippen LogP contribution is 2.33. The van der Waals surface area contributed by atoms with E-state index >= 15 is 0 Å². The summed E-state index contributed by atoms with van der Waals surface area (Å²) in [5.74, 6) is -0.844. The van der Waals surface area contributed by atoms with Gasteiger partial charge in [0.1, 0.15) is 5.60 Å². The number of nitriles is 1. The molecule has 1 aliphatic rings. The second-order valence-corrected chi connectivity index (χ2v) is 7.46. The number of nitrogens with zero attached hydrogens (tertiary/aromatic N) is 4. The first-order chi connectivity index (χ1) is 13.6. The number of piperidine rings is 1. The average Bonchev–Trinajstić information content (AvgIpc) is 3.15. The third kappa shape index (κ3) is 4.77. The molecule has 0 radical (unpaired) electrons. The van der Waals surface area contributed by atoms with Crippen molar-refractivity contribution in [1.29, 1.82) is 5.26 Å². The largest absolute Gasteiger partial charge is 0.392 e. The standard InChI is InChI=1S/C20H21F3N4O2/c1-19(29,13-20(21,22)23)18(28)26-9-6-15(7-10-26)17-5-8-25-27(17)16-4-2-3-14(11-16)12-24/h2-5,8,11,15,29H,6-7,9-10,13H2,1H3/t19-/m0/s1. The molecule has 0 aliphatic carbocycles. The quantitative estimate of drug-likeness (QED) is 0.846. The zero-order valence-electron chi connectivity index (χ0n) is 15.9. The van der Waals surface area contributed by atoms with Crippen LogP contribution in [0.4, 0.5) is 13.2 Å². The Balaban J connectivity index is 1.70. The number of amides is 1. The van der Waals surface area contributed by atoms with Gasteiger partial charge in [-0.25, -0.2) is 4.68 Å². The van der Waals surface area contributed by atoms with E-state index in [9.17, 15) is 23.1 Å². The fraction of sp³-hybridized carbons (Fsp3) is 0.450. The summed E-state index contributed by atoms with van der Waals surface area (Å²) in [6.45, 7) is 1.41. The summed E-state index contributed by atoms with van der Waals surface area (Å²) in [5.41, 5.74) is -0.300. The van der Waals surface area contributed by atoms with E-state index in [1.54, 1.807) is 29.1 Å². The molecule has 0 spiro atoms. The molecule has 1 aromatic carbocycles. The maximum absolute atomic E-state index is 12.6. The van der Waals surface area contributed by atoms with Crippen LogP contribution in [0.5, 0.6) is 0 Å². The van der Waals surface area contributed by atoms with Crippen LogP contribution < -0.4 is 0 Å². The Labute approximate surface area is 166 Å². The predicted octanol–water partition coefficient (Wildman–Crippen LogP) is 3.15. The van der Waals surface area contributed by atoms with Crippen LogP contribution >= 0.6 is 0 Å². The highest BCUT2D eigenvalue weighted by atomic mass is 19.4. The van der Waals surface area contributed by atoms with Crippen molar-refractivity contribution in [2.24, 2.45) is 0 Å². The molecule has 1 aromatic heterocycles. The number of aromatic nitrogens is 2. The molecule has 0 bridgehead atoms. The van der Waals surface area contributed by atoms with E-state index in [2.05, 4.69) is 11.2 Å². The van der Waals surface area contributed by atoms with Crippen LogP contribution in [0.25, 0.3) is 5.69 Å². The van der Waals surface area contributed by atoms with Crippen LogP contribution in [0.1, 0.15) is 43.4 Å². The number of rotatable bonds is 4. The minimum Gasteiger partial charge on any atom is -0.380 e. The molecule has 1 N–H and O–H groups in total. The molecule has 1 amide bonds. The van der Waals surface area contributed by atoms with Crippen LogP contribution in [0, 0.1) is 11.3 Å². The van der Waals surface area contributed by atoms with Gasteiger partial charge in [0, 0.05) is 30.9 Å². The molecular weight excluding hydrogens is 385 g/mol. The highest BCUT2D eigenvalue weighted by molar-refractivity contribution is 5.84. The Morgan fingerprint density at radius 1 is 1.31 bits per heavy atom. The second-order valence-electron chi connectivity index (χ2n) is 7.46. The maximum Gasteiger partial charge on any atom is 0.392 e. The van der Waals surface area contributed by atoms with Crippen molar-refractivity contribution in [3.05, 3.63) is 47.8 Å². The highest BCUT2D eigenvalue weighted by Gasteiger charge is 2.45. The summed E-state index contributed by atoms with van der Waals surface area (Å²) in [6.07, 6.45) is -3.46. The third-order valence-electron chi connectivity index (χ3n) is 5.10. The minimum absolute atomic E-state index is 0.0554. The number of benzene rings is 1. The molecular formula is C20H21F3N4O2. The number of hydrogen-bond acceptors (Lipinski definition) is 4. The van der Waals surface area contributed by atoms with Crippen molar-refractivity contribution < 1.29 is 23.1 Å². The average molecular weight is 406 g/mol. The van der Waals surface area contributed by atoms with E-state index < -0.39 is 24.1 Å². The first-order valence-corrected chi connectivity index (χ1v) is 9.24. The second kappa shape index (κ2) is 7.87. The topological polar surface area (TPSA) is 82.2 Å². The van der Waals surface area contributed by atoms with Gasteiger partial charge in [-0.05, 0) is 44.0 Å². The number of aliphatic hydroxyl groups is 1. The van der Waals surface area contributed by atoms with Gasteiger partial charge in [-0.15, -0.1) is 0 Å². The lowest BCUT2D eigenvalue weighted by molar-refractivity contribution is -0.187. The maximum atomic E-state index is 12.6. The van der Waals surface area contributed by atoms with Gasteiger partial charge in [-0.3, -0.25) is 4.79 Å². The summed E-state index contributed by atoms with van der Waals surface area (Å²) in [7, 11) is 0. The van der Waals surface area contributed by atoms with Crippen LogP contribution in [0.3, 0.4) is 0 Å². The van der Waals surface area contributed by atoms with E-state index in [-0.39, 0.29) is 19.0 Å². The zero-order chi connectivity index (χ0) is 21.2. The molecule has 2 aromatic rings. The van der Waals surface area contributed by atoms with Crippen molar-refractivity contribution in [2.45, 2.75) is 43.9 Å². The third-order valence-corrected chi connectivity index (χ3v) is 5.10. The van der Waals surface area contributed by atoms with Crippen LogP contribution in [-0.2, 0) is 4.79 Å². The molecule has 29 heavy (non-hydrogen) atoms. The van der Waals surface area contributed by atoms with Gasteiger partial charge in [-0.1, -0.05) is 6.07 Å². The Morgan fingerprint density at radius 2 is 2.00 bits per heavy atom. The summed E-state index contributed by atoms with van der Waals surface area (Å²) >= 11 is 0. The summed E-state index contributed by atoms with van der Waals surface area (Å²) in [4.78, 5) is 13.7. The molecule has 9 heteroatoms. The van der Waals surface area contributed by atoms with Crippen LogP contribution in [0.15, 0.2) is 36.5 Å². The normalized spacial score (nSPS) is 17.6. The lowest BCUT2D eigenvalue weighted by Crippen LogP contribution is -2.51. The molecule has 1 atom stereocenters. The lowest BCUT2D eigenvalue weighted by atomic mass is 9.91. The molecule has 2 heterocycles. The summed E-state index contributed by atoms with van der Waals surface area (Å²) < 4.78 is 39.6. The lowest BCUT2D eigenvalue weighted by Gasteiger charge is -2.36. The first kappa shape index (κ1) is 20.9. The molecule has 1 aliphatic heterocycles. The van der Waals surface area contributed by atoms with Crippen molar-refractivity contribution in [2.75, 3.05) is 13.1 Å². The van der Waals surface area contributed by atoms with Gasteiger partial charge in [0.2, 0.25) is 0 Å². The van der Waals surface area contributed by atoms with Gasteiger partial charge < -0.3 is 10.0 Å². The number of carbonyl (C=O) groups is 1. The van der Waals surface area contributed by atoms with Gasteiger partial charge in [0.25, 0.3) is 5.91 Å². The SMILES string of the molecule is C[C@](O)(CC(F)(F)F)C(=O)N1CCC(c2ccnn2-c2cccc(C#N)c2)CC1. The van der Waals surface area contributed by atoms with E-state index in [1.807, 2.05) is 12.1 Å². The molecule has 0 unspecified atom stereocenters. The van der Waals surface area contributed by atoms with Gasteiger partial charge >= 0.3 is 6.18 Å². The molecule has 3 rings (SSSR count). The Morgan fingerprint density at radius 3 is 2.62 bits per heavy atom. The first-order valence-electron chi connectivity index (χ1n) is 9.24. The molecule has 1 fully saturated rings. The predicted molar refractivity (Wildman–Crippen MR) is 98.1 cm³/mol. The van der Waals surface area contributed by atoms with Crippen LogP contribution in [0.2, 0.25) is 0 Å². The Bertz CT molecular complexity index is 922. The van der Waals surface area contributed by atoms with Gasteiger partial charge in [-0.2, -0.15) is 23.5 Å². The zero-order valence-corrected chi connectivity index (χ0v) is 15.9. The summed E-state index contributed by atoms with van der Waals surface area (Å²) in [6, 6.07) is 11.0. The molecule has 154 valence electrons. The van der Waals surface area contributed by atoms with Crippen molar-refractivity contribution >= 4 is 5.91 Å². The molecule has 6 nitrogen and oxygen atoms in total. The Kier molecular flexibility index (Phi) is 5.66. The van der Waals surface area contributed by atoms with Gasteiger partial charge in [0.05, 0.1) is 23.7 Å². The molecule has 0 saturated carbocycles. The number of halogens is 3. The van der Waals surface area contributed by atoms with E-state index in [0.717, 1.165) is 18.3 Å². The monoisotopic (exact) mass is 406 g/mol. The number of likely N-dealkylation sites (tertiary alicyclic amines) is 1. The fourth-order valence-electron chi connectivity index (χ4n) is 3.73. The summed E-state index contributed by atoms with van der Waals surface area (Å²) in [5, 5.41) is 23.4. The number of carbonyl (C=O) groups excluding carboxylic acids is 1. The van der Waals surface area contributed by atoms with Crippen LogP contribution in [-0.4, -0.2) is 50.6 Å². The molecule has 1 saturated heterocycles.